The van der Waals surface area contributed by atoms with E-state index in [0.717, 1.165) is 25.3 Å². The van der Waals surface area contributed by atoms with Crippen LogP contribution in [0.3, 0.4) is 0 Å². The molecule has 3 aromatic rings. The summed E-state index contributed by atoms with van der Waals surface area (Å²) in [7, 11) is 0. The molecule has 0 aliphatic heterocycles. The number of fused-ring (bicyclic) bond motifs is 1. The average Bonchev–Trinajstić information content (AvgIpc) is 3.06. The minimum atomic E-state index is -4.56. The molecule has 2 aromatic heterocycles. The van der Waals surface area contributed by atoms with Gasteiger partial charge in [0.25, 0.3) is 5.91 Å². The van der Waals surface area contributed by atoms with Crippen LogP contribution in [0.5, 0.6) is 0 Å². The van der Waals surface area contributed by atoms with E-state index < -0.39 is 11.9 Å². The van der Waals surface area contributed by atoms with Gasteiger partial charge in [0.15, 0.2) is 0 Å². The second kappa shape index (κ2) is 8.61. The Hall–Kier alpha value is -2.81. The Morgan fingerprint density at radius 2 is 1.94 bits per heavy atom. The van der Waals surface area contributed by atoms with Crippen LogP contribution in [0.1, 0.15) is 53.1 Å². The number of carbonyl (C=O) groups is 1. The minimum Gasteiger partial charge on any atom is -0.382 e. The largest absolute Gasteiger partial charge is 0.433 e. The van der Waals surface area contributed by atoms with Gasteiger partial charge in [-0.05, 0) is 63.8 Å². The Morgan fingerprint density at radius 3 is 2.62 bits per heavy atom. The summed E-state index contributed by atoms with van der Waals surface area (Å²) in [6, 6.07) is 5.44. The lowest BCUT2D eigenvalue weighted by Gasteiger charge is -2.31. The van der Waals surface area contributed by atoms with Gasteiger partial charge in [0.1, 0.15) is 5.69 Å². The number of anilines is 1. The molecular formula is C22H23ClF3N5O. The van der Waals surface area contributed by atoms with Gasteiger partial charge in [-0.1, -0.05) is 11.6 Å². The highest BCUT2D eigenvalue weighted by atomic mass is 35.5. The number of carbonyl (C=O) groups excluding carboxylic acids is 1. The number of H-pyrrole nitrogens is 1. The number of nitrogens with one attached hydrogen (secondary N) is 3. The molecule has 1 aromatic carbocycles. The molecule has 4 rings (SSSR count). The summed E-state index contributed by atoms with van der Waals surface area (Å²) in [4.78, 5) is 16.5. The number of hydrogen-bond acceptors (Lipinski definition) is 4. The van der Waals surface area contributed by atoms with E-state index in [9.17, 15) is 18.0 Å². The van der Waals surface area contributed by atoms with Crippen LogP contribution >= 0.6 is 11.6 Å². The Labute approximate surface area is 187 Å². The lowest BCUT2D eigenvalue weighted by Crippen LogP contribution is -2.42. The van der Waals surface area contributed by atoms with Crippen LogP contribution in [0.15, 0.2) is 24.3 Å². The van der Waals surface area contributed by atoms with Gasteiger partial charge in [-0.25, -0.2) is 4.98 Å². The smallest absolute Gasteiger partial charge is 0.382 e. The number of hydrogen-bond donors (Lipinski definition) is 3. The third kappa shape index (κ3) is 4.67. The van der Waals surface area contributed by atoms with Gasteiger partial charge in [-0.15, -0.1) is 0 Å². The van der Waals surface area contributed by atoms with Gasteiger partial charge >= 0.3 is 6.18 Å². The second-order valence-corrected chi connectivity index (χ2v) is 8.64. The lowest BCUT2D eigenvalue weighted by molar-refractivity contribution is -0.140. The van der Waals surface area contributed by atoms with Gasteiger partial charge in [0.05, 0.1) is 16.8 Å². The lowest BCUT2D eigenvalue weighted by atomic mass is 9.90. The molecule has 10 heteroatoms. The molecule has 3 N–H and O–H groups in total. The summed E-state index contributed by atoms with van der Waals surface area (Å²) < 4.78 is 40.2. The van der Waals surface area contributed by atoms with E-state index >= 15 is 0 Å². The van der Waals surface area contributed by atoms with Crippen LogP contribution < -0.4 is 10.6 Å². The number of aryl methyl sites for hydroxylation is 2. The van der Waals surface area contributed by atoms with Crippen LogP contribution in [0.2, 0.25) is 5.02 Å². The van der Waals surface area contributed by atoms with Crippen molar-refractivity contribution >= 4 is 34.1 Å². The standard InChI is InChI=1S/C22H23ClF3N5O/c1-11-20(12(2)31-30-11)21(32)28-15-5-3-4-14(9-15)27-18-10-19(22(24,25)26)29-17-7-6-13(23)8-16(17)18/h6-8,10,14-15H,3-5,9H2,1-2H3,(H,27,29)(H,28,32)(H,30,31)/t14-,15+/m0/s1. The molecule has 2 atom stereocenters. The maximum absolute atomic E-state index is 13.4. The highest BCUT2D eigenvalue weighted by Crippen LogP contribution is 2.35. The molecule has 1 aliphatic carbocycles. The third-order valence-corrected chi connectivity index (χ3v) is 6.02. The van der Waals surface area contributed by atoms with Crippen molar-refractivity contribution in [2.24, 2.45) is 0 Å². The number of rotatable bonds is 4. The molecule has 0 radical (unpaired) electrons. The van der Waals surface area contributed by atoms with E-state index in [0.29, 0.717) is 39.5 Å². The molecule has 0 unspecified atom stereocenters. The van der Waals surface area contributed by atoms with E-state index in [1.807, 2.05) is 0 Å². The normalized spacial score (nSPS) is 19.2. The first-order valence-corrected chi connectivity index (χ1v) is 10.8. The summed E-state index contributed by atoms with van der Waals surface area (Å²) in [6.45, 7) is 3.56. The van der Waals surface area contributed by atoms with Crippen LogP contribution in [0.4, 0.5) is 18.9 Å². The van der Waals surface area contributed by atoms with Crippen molar-refractivity contribution in [1.82, 2.24) is 20.5 Å². The van der Waals surface area contributed by atoms with Crippen LogP contribution in [0, 0.1) is 13.8 Å². The summed E-state index contributed by atoms with van der Waals surface area (Å²) in [5.41, 5.74) is 1.46. The zero-order valence-electron chi connectivity index (χ0n) is 17.6. The fourth-order valence-corrected chi connectivity index (χ4v) is 4.45. The van der Waals surface area contributed by atoms with Gasteiger partial charge < -0.3 is 10.6 Å². The summed E-state index contributed by atoms with van der Waals surface area (Å²) in [5.74, 6) is -0.195. The number of halogens is 4. The zero-order chi connectivity index (χ0) is 23.0. The van der Waals surface area contributed by atoms with Gasteiger partial charge in [-0.2, -0.15) is 18.3 Å². The van der Waals surface area contributed by atoms with Crippen molar-refractivity contribution in [2.75, 3.05) is 5.32 Å². The van der Waals surface area contributed by atoms with Gasteiger partial charge in [0, 0.05) is 33.9 Å². The van der Waals surface area contributed by atoms with E-state index in [1.54, 1.807) is 19.9 Å². The summed E-state index contributed by atoms with van der Waals surface area (Å²) in [6.07, 6.45) is -1.55. The third-order valence-electron chi connectivity index (χ3n) is 5.79. The average molecular weight is 466 g/mol. The molecule has 1 fully saturated rings. The molecule has 0 bridgehead atoms. The van der Waals surface area contributed by atoms with E-state index in [1.165, 1.54) is 12.1 Å². The van der Waals surface area contributed by atoms with E-state index in [4.69, 9.17) is 11.6 Å². The summed E-state index contributed by atoms with van der Waals surface area (Å²) in [5, 5.41) is 14.1. The van der Waals surface area contributed by atoms with Crippen molar-refractivity contribution < 1.29 is 18.0 Å². The molecule has 6 nitrogen and oxygen atoms in total. The van der Waals surface area contributed by atoms with E-state index in [2.05, 4.69) is 25.8 Å². The first-order valence-electron chi connectivity index (χ1n) is 10.4. The monoisotopic (exact) mass is 465 g/mol. The SMILES string of the molecule is Cc1n[nH]c(C)c1C(=O)N[C@@H]1CCC[C@H](Nc2cc(C(F)(F)F)nc3ccc(Cl)cc23)C1. The van der Waals surface area contributed by atoms with Crippen molar-refractivity contribution in [3.63, 3.8) is 0 Å². The fourth-order valence-electron chi connectivity index (χ4n) is 4.28. The Bertz CT molecular complexity index is 1140. The van der Waals surface area contributed by atoms with Gasteiger partial charge in [0.2, 0.25) is 0 Å². The molecule has 0 spiro atoms. The maximum atomic E-state index is 13.4. The molecule has 32 heavy (non-hydrogen) atoms. The number of nitrogens with zero attached hydrogens (tertiary/aromatic N) is 2. The number of alkyl halides is 3. The highest BCUT2D eigenvalue weighted by Gasteiger charge is 2.34. The topological polar surface area (TPSA) is 82.7 Å². The van der Waals surface area contributed by atoms with Crippen LogP contribution in [-0.2, 0) is 6.18 Å². The van der Waals surface area contributed by atoms with Crippen molar-refractivity contribution in [3.8, 4) is 0 Å². The predicted molar refractivity (Wildman–Crippen MR) is 117 cm³/mol. The maximum Gasteiger partial charge on any atom is 0.433 e. The second-order valence-electron chi connectivity index (χ2n) is 8.20. The number of aromatic nitrogens is 3. The fraction of sp³-hybridized carbons (Fsp3) is 0.409. The first-order chi connectivity index (χ1) is 15.1. The number of aromatic amines is 1. The number of amides is 1. The zero-order valence-corrected chi connectivity index (χ0v) is 18.4. The minimum absolute atomic E-state index is 0.0961. The Kier molecular flexibility index (Phi) is 6.03. The molecule has 1 amide bonds. The molecular weight excluding hydrogens is 443 g/mol. The quantitative estimate of drug-likeness (QED) is 0.481. The van der Waals surface area contributed by atoms with Crippen molar-refractivity contribution in [2.45, 2.75) is 57.8 Å². The highest BCUT2D eigenvalue weighted by molar-refractivity contribution is 6.31. The van der Waals surface area contributed by atoms with Crippen LogP contribution in [-0.4, -0.2) is 33.2 Å². The predicted octanol–water partition coefficient (Wildman–Crippen LogP) is 5.40. The van der Waals surface area contributed by atoms with Crippen LogP contribution in [0.25, 0.3) is 10.9 Å². The molecule has 1 aliphatic rings. The summed E-state index contributed by atoms with van der Waals surface area (Å²) >= 11 is 6.08. The number of pyridine rings is 1. The molecule has 1 saturated carbocycles. The molecule has 0 saturated heterocycles. The molecule has 170 valence electrons. The first kappa shape index (κ1) is 22.4. The van der Waals surface area contributed by atoms with E-state index in [-0.39, 0.29) is 23.5 Å². The number of benzene rings is 1. The Balaban J connectivity index is 1.55. The molecule has 2 heterocycles. The Morgan fingerprint density at radius 1 is 1.19 bits per heavy atom. The van der Waals surface area contributed by atoms with Crippen molar-refractivity contribution in [1.29, 1.82) is 0 Å². The van der Waals surface area contributed by atoms with Crippen molar-refractivity contribution in [3.05, 3.63) is 51.9 Å². The van der Waals surface area contributed by atoms with Gasteiger partial charge in [-0.3, -0.25) is 9.89 Å².